The van der Waals surface area contributed by atoms with Gasteiger partial charge in [0.15, 0.2) is 0 Å². The fourth-order valence-electron chi connectivity index (χ4n) is 1.40. The van der Waals surface area contributed by atoms with E-state index in [-0.39, 0.29) is 6.42 Å². The second kappa shape index (κ2) is 6.48. The zero-order valence-electron chi connectivity index (χ0n) is 9.24. The molecule has 1 unspecified atom stereocenters. The quantitative estimate of drug-likeness (QED) is 0.790. The van der Waals surface area contributed by atoms with Crippen molar-refractivity contribution >= 4 is 29.2 Å². The Kier molecular flexibility index (Phi) is 5.27. The Bertz CT molecular complexity index is 454. The molecule has 1 aromatic carbocycles. The summed E-state index contributed by atoms with van der Waals surface area (Å²) in [5.74, 6) is -0.845. The molecule has 1 aromatic rings. The molecule has 0 aliphatic heterocycles. The molecule has 0 fully saturated rings. The molecule has 3 nitrogen and oxygen atoms in total. The number of nitriles is 1. The Morgan fingerprint density at radius 2 is 2.24 bits per heavy atom. The molecule has 0 spiro atoms. The van der Waals surface area contributed by atoms with Gasteiger partial charge in [-0.05, 0) is 24.1 Å². The number of esters is 1. The Balaban J connectivity index is 2.74. The molecule has 5 heteroatoms. The highest BCUT2D eigenvalue weighted by Crippen LogP contribution is 2.24. The van der Waals surface area contributed by atoms with E-state index in [0.29, 0.717) is 16.5 Å². The van der Waals surface area contributed by atoms with Crippen LogP contribution in [0.15, 0.2) is 18.2 Å². The van der Waals surface area contributed by atoms with Gasteiger partial charge in [0.25, 0.3) is 0 Å². The van der Waals surface area contributed by atoms with Crippen molar-refractivity contribution in [2.75, 3.05) is 7.11 Å². The van der Waals surface area contributed by atoms with E-state index < -0.39 is 11.9 Å². The van der Waals surface area contributed by atoms with Gasteiger partial charge in [-0.3, -0.25) is 4.79 Å². The first kappa shape index (κ1) is 13.8. The summed E-state index contributed by atoms with van der Waals surface area (Å²) in [6, 6.07) is 7.14. The van der Waals surface area contributed by atoms with Crippen LogP contribution in [0.2, 0.25) is 10.0 Å². The number of hydrogen-bond acceptors (Lipinski definition) is 3. The highest BCUT2D eigenvalue weighted by Gasteiger charge is 2.15. The van der Waals surface area contributed by atoms with Crippen LogP contribution >= 0.6 is 23.2 Å². The molecule has 0 aromatic heterocycles. The topological polar surface area (TPSA) is 50.1 Å². The average molecular weight is 272 g/mol. The van der Waals surface area contributed by atoms with Crippen LogP contribution in [-0.4, -0.2) is 13.1 Å². The maximum atomic E-state index is 11.1. The van der Waals surface area contributed by atoms with Crippen LogP contribution in [-0.2, 0) is 16.0 Å². The highest BCUT2D eigenvalue weighted by molar-refractivity contribution is 6.35. The molecule has 0 heterocycles. The standard InChI is InChI=1S/C12H11Cl2NO2/c1-17-12(16)5-8(7-15)4-9-2-3-10(13)6-11(9)14/h2-3,6,8H,4-5H2,1H3. The maximum absolute atomic E-state index is 11.1. The molecule has 1 rings (SSSR count). The highest BCUT2D eigenvalue weighted by atomic mass is 35.5. The molecule has 90 valence electrons. The SMILES string of the molecule is COC(=O)CC(C#N)Cc1ccc(Cl)cc1Cl. The van der Waals surface area contributed by atoms with Gasteiger partial charge in [-0.2, -0.15) is 5.26 Å². The molecule has 0 saturated carbocycles. The van der Waals surface area contributed by atoms with Crippen molar-refractivity contribution in [3.05, 3.63) is 33.8 Å². The summed E-state index contributed by atoms with van der Waals surface area (Å²) in [6.07, 6.45) is 0.466. The average Bonchev–Trinajstić information content (AvgIpc) is 2.31. The molecule has 0 aliphatic rings. The van der Waals surface area contributed by atoms with Gasteiger partial charge in [0, 0.05) is 10.0 Å². The number of ether oxygens (including phenoxy) is 1. The van der Waals surface area contributed by atoms with Crippen LogP contribution in [0.5, 0.6) is 0 Å². The minimum Gasteiger partial charge on any atom is -0.469 e. The van der Waals surface area contributed by atoms with E-state index in [0.717, 1.165) is 5.56 Å². The van der Waals surface area contributed by atoms with Gasteiger partial charge < -0.3 is 4.74 Å². The largest absolute Gasteiger partial charge is 0.469 e. The van der Waals surface area contributed by atoms with Crippen LogP contribution < -0.4 is 0 Å². The number of nitrogens with zero attached hydrogens (tertiary/aromatic N) is 1. The summed E-state index contributed by atoms with van der Waals surface area (Å²) < 4.78 is 4.53. The van der Waals surface area contributed by atoms with Crippen LogP contribution in [0.4, 0.5) is 0 Å². The smallest absolute Gasteiger partial charge is 0.306 e. The van der Waals surface area contributed by atoms with E-state index in [2.05, 4.69) is 10.8 Å². The van der Waals surface area contributed by atoms with Crippen LogP contribution in [0.25, 0.3) is 0 Å². The first-order chi connectivity index (χ1) is 8.06. The lowest BCUT2D eigenvalue weighted by Gasteiger charge is -2.09. The Morgan fingerprint density at radius 1 is 1.53 bits per heavy atom. The van der Waals surface area contributed by atoms with E-state index in [1.807, 2.05) is 0 Å². The molecule has 1 atom stereocenters. The van der Waals surface area contributed by atoms with Crippen LogP contribution in [0, 0.1) is 17.2 Å². The molecule has 0 aliphatic carbocycles. The van der Waals surface area contributed by atoms with E-state index in [1.54, 1.807) is 18.2 Å². The fourth-order valence-corrected chi connectivity index (χ4v) is 1.89. The van der Waals surface area contributed by atoms with Gasteiger partial charge in [-0.15, -0.1) is 0 Å². The first-order valence-corrected chi connectivity index (χ1v) is 5.72. The third kappa shape index (κ3) is 4.26. The molecular weight excluding hydrogens is 261 g/mol. The normalized spacial score (nSPS) is 11.6. The first-order valence-electron chi connectivity index (χ1n) is 4.97. The molecule has 0 radical (unpaired) electrons. The summed E-state index contributed by atoms with van der Waals surface area (Å²) >= 11 is 11.8. The summed E-state index contributed by atoms with van der Waals surface area (Å²) in [7, 11) is 1.30. The van der Waals surface area contributed by atoms with Crippen molar-refractivity contribution in [1.29, 1.82) is 5.26 Å². The predicted octanol–water partition coefficient (Wildman–Crippen LogP) is 3.24. The molecule has 0 N–H and O–H groups in total. The van der Waals surface area contributed by atoms with Crippen molar-refractivity contribution in [1.82, 2.24) is 0 Å². The Morgan fingerprint density at radius 3 is 2.76 bits per heavy atom. The lowest BCUT2D eigenvalue weighted by Crippen LogP contribution is -2.11. The van der Waals surface area contributed by atoms with Gasteiger partial charge in [-0.1, -0.05) is 29.3 Å². The number of methoxy groups -OCH3 is 1. The fraction of sp³-hybridized carbons (Fsp3) is 0.333. The monoisotopic (exact) mass is 271 g/mol. The molecular formula is C12H11Cl2NO2. The van der Waals surface area contributed by atoms with Crippen molar-refractivity contribution in [2.24, 2.45) is 5.92 Å². The number of carbonyl (C=O) groups excluding carboxylic acids is 1. The Labute approximate surface area is 110 Å². The summed E-state index contributed by atoms with van der Waals surface area (Å²) in [5, 5.41) is 9.99. The van der Waals surface area contributed by atoms with Crippen LogP contribution in [0.3, 0.4) is 0 Å². The second-order valence-electron chi connectivity index (χ2n) is 3.55. The summed E-state index contributed by atoms with van der Waals surface area (Å²) in [4.78, 5) is 11.1. The van der Waals surface area contributed by atoms with E-state index in [4.69, 9.17) is 28.5 Å². The summed E-state index contributed by atoms with van der Waals surface area (Å²) in [6.45, 7) is 0. The minimum absolute atomic E-state index is 0.0615. The van der Waals surface area contributed by atoms with Gasteiger partial charge in [0.1, 0.15) is 0 Å². The Hall–Kier alpha value is -1.24. The van der Waals surface area contributed by atoms with Crippen LogP contribution in [0.1, 0.15) is 12.0 Å². The molecule has 0 amide bonds. The van der Waals surface area contributed by atoms with Gasteiger partial charge in [0.05, 0.1) is 25.5 Å². The molecule has 17 heavy (non-hydrogen) atoms. The van der Waals surface area contributed by atoms with Gasteiger partial charge in [0.2, 0.25) is 0 Å². The van der Waals surface area contributed by atoms with Crippen molar-refractivity contribution in [3.63, 3.8) is 0 Å². The number of halogens is 2. The van der Waals surface area contributed by atoms with Crippen molar-refractivity contribution < 1.29 is 9.53 Å². The zero-order valence-corrected chi connectivity index (χ0v) is 10.8. The molecule has 0 bridgehead atoms. The van der Waals surface area contributed by atoms with Crippen molar-refractivity contribution in [2.45, 2.75) is 12.8 Å². The minimum atomic E-state index is -0.443. The second-order valence-corrected chi connectivity index (χ2v) is 4.39. The lowest BCUT2D eigenvalue weighted by atomic mass is 9.97. The maximum Gasteiger partial charge on any atom is 0.306 e. The van der Waals surface area contributed by atoms with E-state index in [9.17, 15) is 4.79 Å². The van der Waals surface area contributed by atoms with Crippen molar-refractivity contribution in [3.8, 4) is 6.07 Å². The number of rotatable bonds is 4. The predicted molar refractivity (Wildman–Crippen MR) is 65.9 cm³/mol. The lowest BCUT2D eigenvalue weighted by molar-refractivity contribution is -0.141. The number of carbonyl (C=O) groups is 1. The van der Waals surface area contributed by atoms with Gasteiger partial charge >= 0.3 is 5.97 Å². The summed E-state index contributed by atoms with van der Waals surface area (Å²) in [5.41, 5.74) is 0.798. The van der Waals surface area contributed by atoms with Gasteiger partial charge in [-0.25, -0.2) is 0 Å². The zero-order chi connectivity index (χ0) is 12.8. The third-order valence-electron chi connectivity index (χ3n) is 2.30. The van der Waals surface area contributed by atoms with E-state index in [1.165, 1.54) is 7.11 Å². The van der Waals surface area contributed by atoms with E-state index >= 15 is 0 Å². The molecule has 0 saturated heterocycles. The third-order valence-corrected chi connectivity index (χ3v) is 2.89. The number of hydrogen-bond donors (Lipinski definition) is 0. The number of benzene rings is 1.